The fourth-order valence-electron chi connectivity index (χ4n) is 5.81. The second-order valence-electron chi connectivity index (χ2n) is 10.6. The highest BCUT2D eigenvalue weighted by Crippen LogP contribution is 2.54. The molecule has 3 aromatic rings. The number of aryl methyl sites for hydroxylation is 1. The van der Waals surface area contributed by atoms with Gasteiger partial charge in [0.25, 0.3) is 0 Å². The van der Waals surface area contributed by atoms with Crippen molar-refractivity contribution in [1.82, 2.24) is 5.16 Å². The minimum atomic E-state index is -0.901. The number of aromatic carboxylic acids is 1. The highest BCUT2D eigenvalue weighted by atomic mass is 16.5. The molecule has 182 valence electrons. The number of hydrogen-bond donors (Lipinski definition) is 1. The van der Waals surface area contributed by atoms with Gasteiger partial charge in [0.05, 0.1) is 31.0 Å². The van der Waals surface area contributed by atoms with Crippen LogP contribution in [0.1, 0.15) is 77.3 Å². The molecule has 0 amide bonds. The zero-order chi connectivity index (χ0) is 24.0. The normalized spacial score (nSPS) is 25.6. The molecule has 0 radical (unpaired) electrons. The van der Waals surface area contributed by atoms with Crippen LogP contribution in [0, 0.1) is 12.3 Å². The molecule has 0 spiro atoms. The molecule has 1 aromatic heterocycles. The molecule has 2 bridgehead atoms. The molecule has 35 heavy (non-hydrogen) atoms. The zero-order valence-corrected chi connectivity index (χ0v) is 20.1. The number of ether oxygens (including phenoxy) is 2. The van der Waals surface area contributed by atoms with E-state index in [9.17, 15) is 9.90 Å². The first-order chi connectivity index (χ1) is 17.0. The van der Waals surface area contributed by atoms with Gasteiger partial charge in [-0.3, -0.25) is 0 Å². The lowest BCUT2D eigenvalue weighted by Crippen LogP contribution is -2.51. The first kappa shape index (κ1) is 22.5. The number of carboxylic acids is 1. The Labute approximate surface area is 205 Å². The molecule has 2 saturated carbocycles. The van der Waals surface area contributed by atoms with Crippen molar-refractivity contribution in [2.45, 2.75) is 63.6 Å². The summed E-state index contributed by atoms with van der Waals surface area (Å²) in [5.41, 5.74) is 5.20. The van der Waals surface area contributed by atoms with Gasteiger partial charge in [0.1, 0.15) is 11.5 Å². The second kappa shape index (κ2) is 8.61. The molecular formula is C29H31NO5. The van der Waals surface area contributed by atoms with E-state index in [0.29, 0.717) is 31.3 Å². The summed E-state index contributed by atoms with van der Waals surface area (Å²) in [5, 5.41) is 13.8. The summed E-state index contributed by atoms with van der Waals surface area (Å²) in [7, 11) is 0. The van der Waals surface area contributed by atoms with Crippen LogP contribution < -0.4 is 0 Å². The van der Waals surface area contributed by atoms with E-state index in [1.165, 1.54) is 5.56 Å². The van der Waals surface area contributed by atoms with Gasteiger partial charge in [-0.1, -0.05) is 41.6 Å². The number of nitrogens with zero attached hydrogens (tertiary/aromatic N) is 1. The summed E-state index contributed by atoms with van der Waals surface area (Å²) in [6.07, 6.45) is 6.09. The van der Waals surface area contributed by atoms with Crippen LogP contribution in [-0.2, 0) is 21.7 Å². The van der Waals surface area contributed by atoms with E-state index >= 15 is 0 Å². The molecule has 2 aliphatic carbocycles. The highest BCUT2D eigenvalue weighted by Gasteiger charge is 2.51. The van der Waals surface area contributed by atoms with Crippen LogP contribution in [0.15, 0.2) is 53.1 Å². The van der Waals surface area contributed by atoms with Gasteiger partial charge in [-0.15, -0.1) is 0 Å². The SMILES string of the molecule is Cc1ccccc1-c1noc(C2CC2)c1COCC12CCC(c3cccc(C(=O)O)c3)(CC1)OC2. The standard InChI is InChI=1S/C29H31NO5/c1-19-5-2-3-8-23(19)25-24(26(35-30-25)20-9-10-20)16-33-17-28-11-13-29(14-12-28,34-18-28)22-7-4-6-21(15-22)27(31)32/h2-8,15,20H,9-14,16-18H2,1H3,(H,31,32). The van der Waals surface area contributed by atoms with Crippen LogP contribution in [0.5, 0.6) is 0 Å². The summed E-state index contributed by atoms with van der Waals surface area (Å²) < 4.78 is 18.7. The Bertz CT molecular complexity index is 1230. The lowest BCUT2D eigenvalue weighted by atomic mass is 9.64. The number of aromatic nitrogens is 1. The molecule has 4 fully saturated rings. The lowest BCUT2D eigenvalue weighted by Gasteiger charge is -2.53. The van der Waals surface area contributed by atoms with E-state index in [4.69, 9.17) is 14.0 Å². The molecule has 4 aliphatic rings. The van der Waals surface area contributed by atoms with Crippen LogP contribution in [0.4, 0.5) is 0 Å². The van der Waals surface area contributed by atoms with Crippen molar-refractivity contribution < 1.29 is 23.9 Å². The Morgan fingerprint density at radius 3 is 2.60 bits per heavy atom. The summed E-state index contributed by atoms with van der Waals surface area (Å²) in [6, 6.07) is 15.5. The average molecular weight is 474 g/mol. The van der Waals surface area contributed by atoms with E-state index in [-0.39, 0.29) is 11.0 Å². The van der Waals surface area contributed by atoms with Crippen molar-refractivity contribution in [3.8, 4) is 11.3 Å². The second-order valence-corrected chi connectivity index (χ2v) is 10.6. The number of benzene rings is 2. The zero-order valence-electron chi connectivity index (χ0n) is 20.1. The summed E-state index contributed by atoms with van der Waals surface area (Å²) in [6.45, 7) is 3.87. The van der Waals surface area contributed by atoms with E-state index in [0.717, 1.165) is 66.7 Å². The van der Waals surface area contributed by atoms with Crippen molar-refractivity contribution in [3.05, 3.63) is 76.5 Å². The van der Waals surface area contributed by atoms with Gasteiger partial charge in [-0.2, -0.15) is 0 Å². The molecule has 2 saturated heterocycles. The molecule has 2 aliphatic heterocycles. The molecule has 1 N–H and O–H groups in total. The van der Waals surface area contributed by atoms with E-state index < -0.39 is 5.97 Å². The van der Waals surface area contributed by atoms with Crippen molar-refractivity contribution >= 4 is 5.97 Å². The molecule has 7 rings (SSSR count). The average Bonchev–Trinajstić information content (AvgIpc) is 3.65. The number of rotatable bonds is 8. The molecular weight excluding hydrogens is 442 g/mol. The largest absolute Gasteiger partial charge is 0.478 e. The molecule has 0 unspecified atom stereocenters. The summed E-state index contributed by atoms with van der Waals surface area (Å²) in [5.74, 6) is 0.551. The third-order valence-electron chi connectivity index (χ3n) is 8.23. The van der Waals surface area contributed by atoms with E-state index in [2.05, 4.69) is 24.2 Å². The van der Waals surface area contributed by atoms with Crippen molar-refractivity contribution in [2.75, 3.05) is 13.2 Å². The predicted octanol–water partition coefficient (Wildman–Crippen LogP) is 6.23. The minimum Gasteiger partial charge on any atom is -0.478 e. The fourth-order valence-corrected chi connectivity index (χ4v) is 5.81. The fraction of sp³-hybridized carbons (Fsp3) is 0.448. The molecule has 6 heteroatoms. The molecule has 6 nitrogen and oxygen atoms in total. The number of carbonyl (C=O) groups is 1. The maximum Gasteiger partial charge on any atom is 0.335 e. The van der Waals surface area contributed by atoms with Crippen molar-refractivity contribution in [1.29, 1.82) is 0 Å². The van der Waals surface area contributed by atoms with Gasteiger partial charge in [0, 0.05) is 22.5 Å². The Morgan fingerprint density at radius 2 is 1.91 bits per heavy atom. The first-order valence-corrected chi connectivity index (χ1v) is 12.6. The lowest BCUT2D eigenvalue weighted by molar-refractivity contribution is -0.205. The monoisotopic (exact) mass is 473 g/mol. The first-order valence-electron chi connectivity index (χ1n) is 12.6. The third-order valence-corrected chi connectivity index (χ3v) is 8.23. The predicted molar refractivity (Wildman–Crippen MR) is 130 cm³/mol. The highest BCUT2D eigenvalue weighted by molar-refractivity contribution is 5.87. The smallest absolute Gasteiger partial charge is 0.335 e. The number of fused-ring (bicyclic) bond motifs is 3. The minimum absolute atomic E-state index is 0.00585. The van der Waals surface area contributed by atoms with Crippen LogP contribution in [0.25, 0.3) is 11.3 Å². The van der Waals surface area contributed by atoms with Crippen molar-refractivity contribution in [2.24, 2.45) is 5.41 Å². The van der Waals surface area contributed by atoms with Crippen molar-refractivity contribution in [3.63, 3.8) is 0 Å². The van der Waals surface area contributed by atoms with Crippen LogP contribution in [-0.4, -0.2) is 29.4 Å². The topological polar surface area (TPSA) is 81.8 Å². The third kappa shape index (κ3) is 4.09. The van der Waals surface area contributed by atoms with Crippen LogP contribution in [0.2, 0.25) is 0 Å². The number of hydrogen-bond acceptors (Lipinski definition) is 5. The maximum atomic E-state index is 11.4. The van der Waals surface area contributed by atoms with Gasteiger partial charge in [0.2, 0.25) is 0 Å². The van der Waals surface area contributed by atoms with Gasteiger partial charge >= 0.3 is 5.97 Å². The Morgan fingerprint density at radius 1 is 1.11 bits per heavy atom. The molecule has 0 atom stereocenters. The Balaban J connectivity index is 1.15. The van der Waals surface area contributed by atoms with Gasteiger partial charge < -0.3 is 19.1 Å². The van der Waals surface area contributed by atoms with Gasteiger partial charge in [-0.05, 0) is 68.7 Å². The molecule has 2 aromatic carbocycles. The Hall–Kier alpha value is -2.96. The van der Waals surface area contributed by atoms with Gasteiger partial charge in [-0.25, -0.2) is 4.79 Å². The Kier molecular flexibility index (Phi) is 5.53. The van der Waals surface area contributed by atoms with E-state index in [1.807, 2.05) is 24.3 Å². The number of carboxylic acid groups (broad SMARTS) is 1. The van der Waals surface area contributed by atoms with E-state index in [1.54, 1.807) is 12.1 Å². The molecule has 3 heterocycles. The quantitative estimate of drug-likeness (QED) is 0.418. The maximum absolute atomic E-state index is 11.4. The van der Waals surface area contributed by atoms with Crippen LogP contribution in [0.3, 0.4) is 0 Å². The summed E-state index contributed by atoms with van der Waals surface area (Å²) >= 11 is 0. The summed E-state index contributed by atoms with van der Waals surface area (Å²) in [4.78, 5) is 11.4. The van der Waals surface area contributed by atoms with Crippen LogP contribution >= 0.6 is 0 Å². The van der Waals surface area contributed by atoms with Gasteiger partial charge in [0.15, 0.2) is 0 Å².